The van der Waals surface area contributed by atoms with Gasteiger partial charge in [0.1, 0.15) is 19.3 Å². The summed E-state index contributed by atoms with van der Waals surface area (Å²) >= 11 is 32.9. The largest absolute Gasteiger partial charge is 0.494 e. The number of hydrogen-bond donors (Lipinski definition) is 5. The molecule has 5 N–H and O–H groups in total. The Morgan fingerprint density at radius 3 is 2.06 bits per heavy atom. The van der Waals surface area contributed by atoms with Crippen LogP contribution in [0.1, 0.15) is 19.3 Å². The first-order chi connectivity index (χ1) is 15.2. The van der Waals surface area contributed by atoms with Crippen LogP contribution in [0.25, 0.3) is 0 Å². The summed E-state index contributed by atoms with van der Waals surface area (Å²) in [7, 11) is 0. The molecule has 1 atom stereocenters. The Labute approximate surface area is 217 Å². The Bertz CT molecular complexity index is 811. The Hall–Kier alpha value is -1.37. The number of halogens is 6. The van der Waals surface area contributed by atoms with Gasteiger partial charge in [-0.3, -0.25) is 4.98 Å². The number of nitrogens with one attached hydrogen (secondary N) is 3. The van der Waals surface area contributed by atoms with E-state index in [0.717, 1.165) is 6.07 Å². The summed E-state index contributed by atoms with van der Waals surface area (Å²) in [4.78, 5) is 38.0. The quantitative estimate of drug-likeness (QED) is 0.154. The zero-order valence-corrected chi connectivity index (χ0v) is 21.0. The summed E-state index contributed by atoms with van der Waals surface area (Å²) in [6.07, 6.45) is -1.19. The van der Waals surface area contributed by atoms with Crippen LogP contribution in [0.2, 0.25) is 0 Å². The lowest BCUT2D eigenvalue weighted by molar-refractivity contribution is -0.137. The van der Waals surface area contributed by atoms with Crippen molar-refractivity contribution in [2.24, 2.45) is 0 Å². The van der Waals surface area contributed by atoms with E-state index in [1.54, 1.807) is 0 Å². The fourth-order valence-corrected chi connectivity index (χ4v) is 2.44. The van der Waals surface area contributed by atoms with Gasteiger partial charge < -0.3 is 35.1 Å². The van der Waals surface area contributed by atoms with Crippen LogP contribution < -0.4 is 15.4 Å². The van der Waals surface area contributed by atoms with E-state index in [2.05, 4.69) is 20.4 Å². The highest BCUT2D eigenvalue weighted by molar-refractivity contribution is 6.68. The van der Waals surface area contributed by atoms with Gasteiger partial charge in [0, 0.05) is 12.6 Å². The van der Waals surface area contributed by atoms with Gasteiger partial charge in [-0.05, 0) is 19.3 Å². The fourth-order valence-electron chi connectivity index (χ4n) is 2.11. The number of ether oxygens (including phenoxy) is 3. The third-order valence-corrected chi connectivity index (χ3v) is 4.11. The Morgan fingerprint density at radius 1 is 0.970 bits per heavy atom. The number of carbonyl (C=O) groups is 3. The summed E-state index contributed by atoms with van der Waals surface area (Å²) in [6.45, 7) is -0.887. The highest BCUT2D eigenvalue weighted by atomic mass is 35.6. The summed E-state index contributed by atoms with van der Waals surface area (Å²) < 4.78 is 10.8. The summed E-state index contributed by atoms with van der Waals surface area (Å²) in [5.41, 5.74) is 0. The fraction of sp³-hybridized carbons (Fsp3) is 0.562. The maximum absolute atomic E-state index is 12.5. The van der Waals surface area contributed by atoms with Gasteiger partial charge in [0.15, 0.2) is 11.6 Å². The van der Waals surface area contributed by atoms with E-state index in [9.17, 15) is 24.6 Å². The number of aromatic hydroxyl groups is 2. The van der Waals surface area contributed by atoms with Gasteiger partial charge in [0.2, 0.25) is 13.5 Å². The van der Waals surface area contributed by atoms with Gasteiger partial charge in [0.25, 0.3) is 0 Å². The molecule has 0 unspecified atom stereocenters. The molecule has 0 saturated heterocycles. The molecule has 0 saturated carbocycles. The van der Waals surface area contributed by atoms with Gasteiger partial charge in [-0.1, -0.05) is 69.6 Å². The number of hydrogen-bond acceptors (Lipinski definition) is 8. The minimum Gasteiger partial charge on any atom is -0.494 e. The van der Waals surface area contributed by atoms with E-state index < -0.39 is 56.8 Å². The predicted octanol–water partition coefficient (Wildman–Crippen LogP) is 4.06. The van der Waals surface area contributed by atoms with Crippen molar-refractivity contribution in [3.8, 4) is 17.5 Å². The summed E-state index contributed by atoms with van der Waals surface area (Å²) in [5, 5.41) is 23.6. The maximum Gasteiger partial charge on any atom is 0.407 e. The minimum absolute atomic E-state index is 0.0315. The van der Waals surface area contributed by atoms with E-state index in [0.29, 0.717) is 12.8 Å². The van der Waals surface area contributed by atoms with Crippen molar-refractivity contribution in [3.05, 3.63) is 6.07 Å². The number of esters is 1. The maximum atomic E-state index is 12.5. The molecule has 0 bridgehead atoms. The number of aromatic amines is 1. The van der Waals surface area contributed by atoms with Crippen molar-refractivity contribution >= 4 is 87.8 Å². The molecule has 188 valence electrons. The number of rotatable bonds is 10. The lowest BCUT2D eigenvalue weighted by atomic mass is 10.1. The zero-order valence-electron chi connectivity index (χ0n) is 16.5. The van der Waals surface area contributed by atoms with Crippen molar-refractivity contribution in [1.29, 1.82) is 0 Å². The number of alkyl halides is 6. The van der Waals surface area contributed by atoms with Crippen LogP contribution in [0.5, 0.6) is 17.5 Å². The van der Waals surface area contributed by atoms with Crippen molar-refractivity contribution < 1.29 is 38.8 Å². The molecule has 33 heavy (non-hydrogen) atoms. The summed E-state index contributed by atoms with van der Waals surface area (Å²) in [5.74, 6) is -2.40. The third kappa shape index (κ3) is 13.8. The molecule has 1 aromatic rings. The average Bonchev–Trinajstić information content (AvgIpc) is 2.99. The summed E-state index contributed by atoms with van der Waals surface area (Å²) in [6, 6.07) is -0.293. The lowest BCUT2D eigenvalue weighted by Gasteiger charge is -2.18. The van der Waals surface area contributed by atoms with Crippen LogP contribution in [0.3, 0.4) is 0 Å². The van der Waals surface area contributed by atoms with Crippen molar-refractivity contribution in [3.63, 3.8) is 0 Å². The van der Waals surface area contributed by atoms with Crippen molar-refractivity contribution in [2.45, 2.75) is 32.9 Å². The smallest absolute Gasteiger partial charge is 0.407 e. The normalized spacial score (nSPS) is 12.5. The molecule has 11 nitrogen and oxygen atoms in total. The van der Waals surface area contributed by atoms with Crippen molar-refractivity contribution in [1.82, 2.24) is 15.6 Å². The number of aromatic nitrogens is 1. The zero-order chi connectivity index (χ0) is 25.2. The molecule has 0 radical (unpaired) electrons. The van der Waals surface area contributed by atoms with E-state index in [-0.39, 0.29) is 18.7 Å². The second kappa shape index (κ2) is 13.5. The monoisotopic (exact) mass is 591 g/mol. The van der Waals surface area contributed by atoms with Crippen LogP contribution in [0.15, 0.2) is 6.07 Å². The third-order valence-electron chi connectivity index (χ3n) is 3.46. The molecule has 2 amide bonds. The van der Waals surface area contributed by atoms with E-state index >= 15 is 0 Å². The number of unbranched alkanes of at least 4 members (excludes halogenated alkanes) is 1. The predicted molar refractivity (Wildman–Crippen MR) is 122 cm³/mol. The van der Waals surface area contributed by atoms with E-state index in [4.69, 9.17) is 79.1 Å². The molecular weight excluding hydrogens is 575 g/mol. The molecule has 0 aromatic carbocycles. The topological polar surface area (TPSA) is 159 Å². The van der Waals surface area contributed by atoms with E-state index in [1.165, 1.54) is 0 Å². The first-order valence-electron chi connectivity index (χ1n) is 8.96. The van der Waals surface area contributed by atoms with Gasteiger partial charge in [0.05, 0.1) is 0 Å². The number of H-pyrrole nitrogens is 1. The Balaban J connectivity index is 2.59. The molecule has 0 aliphatic rings. The molecule has 0 spiro atoms. The SMILES string of the molecule is O=C(NCCCC[C@H](NC(=O)OCC(Cl)(Cl)Cl)C(=O)Oc1cc(O)[nH]c1O)OCC(Cl)(Cl)Cl. The van der Waals surface area contributed by atoms with Gasteiger partial charge in [-0.15, -0.1) is 0 Å². The molecule has 0 aliphatic carbocycles. The molecule has 0 aliphatic heterocycles. The highest BCUT2D eigenvalue weighted by Crippen LogP contribution is 2.30. The highest BCUT2D eigenvalue weighted by Gasteiger charge is 2.27. The first-order valence-corrected chi connectivity index (χ1v) is 11.2. The number of alkyl carbamates (subject to hydrolysis) is 2. The number of amides is 2. The molecule has 17 heteroatoms. The molecule has 1 heterocycles. The molecule has 1 rings (SSSR count). The van der Waals surface area contributed by atoms with Gasteiger partial charge in [-0.25, -0.2) is 14.4 Å². The van der Waals surface area contributed by atoms with Crippen LogP contribution in [0.4, 0.5) is 9.59 Å². The van der Waals surface area contributed by atoms with Gasteiger partial charge >= 0.3 is 18.2 Å². The first kappa shape index (κ1) is 29.7. The average molecular weight is 594 g/mol. The van der Waals surface area contributed by atoms with Crippen molar-refractivity contribution in [2.75, 3.05) is 19.8 Å². The Morgan fingerprint density at radius 2 is 1.55 bits per heavy atom. The lowest BCUT2D eigenvalue weighted by Crippen LogP contribution is -2.44. The van der Waals surface area contributed by atoms with Crippen LogP contribution in [0, 0.1) is 0 Å². The number of carbonyl (C=O) groups excluding carboxylic acids is 3. The Kier molecular flexibility index (Phi) is 12.1. The van der Waals surface area contributed by atoms with E-state index in [1.807, 2.05) is 0 Å². The van der Waals surface area contributed by atoms with Gasteiger partial charge in [-0.2, -0.15) is 0 Å². The second-order valence-electron chi connectivity index (χ2n) is 6.29. The second-order valence-corrected chi connectivity index (χ2v) is 11.3. The minimum atomic E-state index is -1.86. The molecule has 1 aromatic heterocycles. The van der Waals surface area contributed by atoms with Crippen LogP contribution in [-0.2, 0) is 14.3 Å². The molecule has 0 fully saturated rings. The standard InChI is InChI=1S/C16H19Cl6N3O8/c17-15(18,19)6-31-13(29)23-4-2-1-3-8(24-14(30)32-7-16(20,21)22)12(28)33-9-5-10(26)25-11(9)27/h5,8,25-27H,1-4,6-7H2,(H,23,29)(H,24,30)/t8-/m0/s1. The van der Waals surface area contributed by atoms with Crippen LogP contribution in [-0.4, -0.2) is 66.7 Å². The molecular formula is C16H19Cl6N3O8. The van der Waals surface area contributed by atoms with Crippen LogP contribution >= 0.6 is 69.6 Å².